The molecule has 1 aromatic heterocycles. The molecule has 194 valence electrons. The maximum Gasteiger partial charge on any atom is 0.325 e. The molecule has 5 N–H and O–H groups in total. The van der Waals surface area contributed by atoms with E-state index in [1.54, 1.807) is 19.9 Å². The van der Waals surface area contributed by atoms with Crippen LogP contribution in [0.5, 0.6) is 0 Å². The fourth-order valence-electron chi connectivity index (χ4n) is 5.37. The first-order valence-electron chi connectivity index (χ1n) is 12.7. The summed E-state index contributed by atoms with van der Waals surface area (Å²) in [6.45, 7) is 9.49. The largest absolute Gasteiger partial charge is 0.461 e. The predicted molar refractivity (Wildman–Crippen MR) is 139 cm³/mol. The predicted octanol–water partition coefficient (Wildman–Crippen LogP) is 4.04. The third-order valence-corrected chi connectivity index (χ3v) is 7.24. The van der Waals surface area contributed by atoms with Gasteiger partial charge in [-0.05, 0) is 82.1 Å². The van der Waals surface area contributed by atoms with E-state index in [1.165, 1.54) is 0 Å². The number of aryl methyl sites for hydroxylation is 1. The minimum absolute atomic E-state index is 0.109. The van der Waals surface area contributed by atoms with E-state index in [9.17, 15) is 14.4 Å². The lowest BCUT2D eigenvalue weighted by atomic mass is 9.75. The van der Waals surface area contributed by atoms with E-state index in [0.717, 1.165) is 41.8 Å². The van der Waals surface area contributed by atoms with E-state index in [1.807, 2.05) is 25.3 Å². The van der Waals surface area contributed by atoms with Gasteiger partial charge in [-0.25, -0.2) is 0 Å². The van der Waals surface area contributed by atoms with E-state index in [-0.39, 0.29) is 23.3 Å². The maximum absolute atomic E-state index is 12.9. The SMILES string of the molecule is Cc1cn(-c2ccc(C(N)=O)c(N[C@H]3CC[C@H](OC(=O)C(C)(C)N)CC3)c2)c2c1C(=O)CC(C)(C)C2. The Kier molecular flexibility index (Phi) is 6.77. The Morgan fingerprint density at radius 3 is 2.42 bits per heavy atom. The number of esters is 1. The van der Waals surface area contributed by atoms with Gasteiger partial charge in [0.1, 0.15) is 11.6 Å². The monoisotopic (exact) mass is 494 g/mol. The number of amides is 1. The molecule has 0 unspecified atom stereocenters. The van der Waals surface area contributed by atoms with Gasteiger partial charge in [-0.1, -0.05) is 13.8 Å². The number of aromatic nitrogens is 1. The number of ketones is 1. The molecule has 2 aromatic rings. The van der Waals surface area contributed by atoms with Crippen LogP contribution in [0.3, 0.4) is 0 Å². The van der Waals surface area contributed by atoms with Crippen LogP contribution in [0.15, 0.2) is 24.4 Å². The van der Waals surface area contributed by atoms with Crippen molar-refractivity contribution in [2.24, 2.45) is 16.9 Å². The number of carbonyl (C=O) groups excluding carboxylic acids is 3. The number of primary amides is 1. The Morgan fingerprint density at radius 2 is 1.81 bits per heavy atom. The number of fused-ring (bicyclic) bond motifs is 1. The quantitative estimate of drug-likeness (QED) is 0.520. The topological polar surface area (TPSA) is 129 Å². The highest BCUT2D eigenvalue weighted by molar-refractivity contribution is 6.01. The van der Waals surface area contributed by atoms with Crippen LogP contribution in [0.4, 0.5) is 5.69 Å². The van der Waals surface area contributed by atoms with Crippen molar-refractivity contribution >= 4 is 23.3 Å². The van der Waals surface area contributed by atoms with Crippen LogP contribution in [0.25, 0.3) is 5.69 Å². The second-order valence-corrected chi connectivity index (χ2v) is 11.8. The first kappa shape index (κ1) is 25.9. The number of anilines is 1. The number of nitrogens with zero attached hydrogens (tertiary/aromatic N) is 1. The summed E-state index contributed by atoms with van der Waals surface area (Å²) in [5.74, 6) is -0.714. The number of ether oxygens (including phenoxy) is 1. The van der Waals surface area contributed by atoms with Crippen LogP contribution < -0.4 is 16.8 Å². The van der Waals surface area contributed by atoms with Crippen molar-refractivity contribution in [3.8, 4) is 5.69 Å². The van der Waals surface area contributed by atoms with Crippen molar-refractivity contribution in [1.82, 2.24) is 4.57 Å². The van der Waals surface area contributed by atoms with E-state index in [0.29, 0.717) is 30.5 Å². The van der Waals surface area contributed by atoms with Crippen LogP contribution in [0.2, 0.25) is 0 Å². The Hall–Kier alpha value is -3.13. The second kappa shape index (κ2) is 9.39. The average molecular weight is 495 g/mol. The molecule has 8 nitrogen and oxygen atoms in total. The van der Waals surface area contributed by atoms with Gasteiger partial charge in [0.25, 0.3) is 5.91 Å². The lowest BCUT2D eigenvalue weighted by Crippen LogP contribution is -2.45. The molecular formula is C28H38N4O4. The molecule has 0 bridgehead atoms. The summed E-state index contributed by atoms with van der Waals surface area (Å²) in [6, 6.07) is 5.67. The first-order valence-corrected chi connectivity index (χ1v) is 12.7. The Balaban J connectivity index is 1.56. The highest BCUT2D eigenvalue weighted by Crippen LogP contribution is 2.38. The number of benzene rings is 1. The lowest BCUT2D eigenvalue weighted by Gasteiger charge is -2.32. The van der Waals surface area contributed by atoms with Gasteiger partial charge in [-0.15, -0.1) is 0 Å². The molecule has 0 saturated heterocycles. The Bertz CT molecular complexity index is 1200. The zero-order chi connectivity index (χ0) is 26.4. The van der Waals surface area contributed by atoms with Crippen molar-refractivity contribution in [2.75, 3.05) is 5.32 Å². The van der Waals surface area contributed by atoms with Crippen molar-refractivity contribution in [3.05, 3.63) is 46.8 Å². The van der Waals surface area contributed by atoms with Crippen molar-refractivity contribution in [3.63, 3.8) is 0 Å². The standard InChI is InChI=1S/C28H38N4O4/c1-16-15-32(22-13-27(2,3)14-23(33)24(16)22)18-8-11-20(25(29)34)21(12-18)31-17-6-9-19(10-7-17)36-26(35)28(4,5)30/h8,11-12,15,17,19,31H,6-7,9-10,13-14,30H2,1-5H3,(H2,29,34)/t17-,19-. The minimum Gasteiger partial charge on any atom is -0.461 e. The zero-order valence-corrected chi connectivity index (χ0v) is 21.9. The third-order valence-electron chi connectivity index (χ3n) is 7.24. The van der Waals surface area contributed by atoms with Gasteiger partial charge in [-0.3, -0.25) is 14.4 Å². The van der Waals surface area contributed by atoms with Crippen LogP contribution >= 0.6 is 0 Å². The maximum atomic E-state index is 12.9. The summed E-state index contributed by atoms with van der Waals surface area (Å²) >= 11 is 0. The van der Waals surface area contributed by atoms with Crippen molar-refractivity contribution < 1.29 is 19.1 Å². The second-order valence-electron chi connectivity index (χ2n) is 11.8. The Labute approximate surface area is 212 Å². The molecule has 0 spiro atoms. The zero-order valence-electron chi connectivity index (χ0n) is 21.9. The number of hydrogen-bond donors (Lipinski definition) is 3. The number of hydrogen-bond acceptors (Lipinski definition) is 6. The molecule has 2 aliphatic carbocycles. The van der Waals surface area contributed by atoms with Crippen LogP contribution in [-0.2, 0) is 16.0 Å². The van der Waals surface area contributed by atoms with Gasteiger partial charge in [0.15, 0.2) is 5.78 Å². The molecule has 0 radical (unpaired) electrons. The third kappa shape index (κ3) is 5.33. The van der Waals surface area contributed by atoms with Gasteiger partial charge in [-0.2, -0.15) is 0 Å². The molecule has 1 fully saturated rings. The lowest BCUT2D eigenvalue weighted by molar-refractivity contribution is -0.155. The molecule has 36 heavy (non-hydrogen) atoms. The number of carbonyl (C=O) groups is 3. The molecule has 4 rings (SSSR count). The summed E-state index contributed by atoms with van der Waals surface area (Å²) in [7, 11) is 0. The molecule has 1 aromatic carbocycles. The summed E-state index contributed by atoms with van der Waals surface area (Å²) in [6.07, 6.45) is 6.18. The smallest absolute Gasteiger partial charge is 0.325 e. The van der Waals surface area contributed by atoms with Crippen molar-refractivity contribution in [1.29, 1.82) is 0 Å². The molecule has 1 saturated carbocycles. The number of nitrogens with one attached hydrogen (secondary N) is 1. The highest BCUT2D eigenvalue weighted by atomic mass is 16.5. The Morgan fingerprint density at radius 1 is 1.14 bits per heavy atom. The minimum atomic E-state index is -1.01. The average Bonchev–Trinajstić information content (AvgIpc) is 3.09. The van der Waals surface area contributed by atoms with Crippen LogP contribution in [0.1, 0.15) is 91.8 Å². The van der Waals surface area contributed by atoms with E-state index in [2.05, 4.69) is 23.7 Å². The van der Waals surface area contributed by atoms with Gasteiger partial charge < -0.3 is 26.1 Å². The number of nitrogens with two attached hydrogens (primary N) is 2. The van der Waals surface area contributed by atoms with Crippen molar-refractivity contribution in [2.45, 2.75) is 90.8 Å². The first-order chi connectivity index (χ1) is 16.7. The number of rotatable bonds is 6. The summed E-state index contributed by atoms with van der Waals surface area (Å²) in [5, 5.41) is 3.51. The molecule has 0 atom stereocenters. The normalized spacial score (nSPS) is 21.6. The molecule has 1 amide bonds. The van der Waals surface area contributed by atoms with E-state index in [4.69, 9.17) is 16.2 Å². The van der Waals surface area contributed by atoms with Gasteiger partial charge in [0.05, 0.1) is 5.56 Å². The molecule has 1 heterocycles. The van der Waals surface area contributed by atoms with Gasteiger partial charge in [0.2, 0.25) is 0 Å². The van der Waals surface area contributed by atoms with E-state index >= 15 is 0 Å². The molecule has 2 aliphatic rings. The van der Waals surface area contributed by atoms with Crippen LogP contribution in [-0.4, -0.2) is 39.9 Å². The fourth-order valence-corrected chi connectivity index (χ4v) is 5.37. The van der Waals surface area contributed by atoms with Gasteiger partial charge in [0, 0.05) is 41.3 Å². The fraction of sp³-hybridized carbons (Fsp3) is 0.536. The summed E-state index contributed by atoms with van der Waals surface area (Å²) < 4.78 is 7.65. The number of Topliss-reactive ketones (excluding diaryl/α,β-unsaturated/α-hetero) is 1. The van der Waals surface area contributed by atoms with E-state index < -0.39 is 17.4 Å². The highest BCUT2D eigenvalue weighted by Gasteiger charge is 2.35. The van der Waals surface area contributed by atoms with Gasteiger partial charge >= 0.3 is 5.97 Å². The molecule has 8 heteroatoms. The van der Waals surface area contributed by atoms with Crippen LogP contribution in [0, 0.1) is 12.3 Å². The molecule has 0 aliphatic heterocycles. The summed E-state index contributed by atoms with van der Waals surface area (Å²) in [4.78, 5) is 37.2. The summed E-state index contributed by atoms with van der Waals surface area (Å²) in [5.41, 5.74) is 15.2. The molecular weight excluding hydrogens is 456 g/mol.